The number of fused-ring (bicyclic) bond motifs is 1. The Balaban J connectivity index is 1.56. The van der Waals surface area contributed by atoms with E-state index < -0.39 is 0 Å². The van der Waals surface area contributed by atoms with Crippen LogP contribution in [0.5, 0.6) is 0 Å². The van der Waals surface area contributed by atoms with Crippen LogP contribution in [0.25, 0.3) is 0 Å². The first-order valence-electron chi connectivity index (χ1n) is 7.33. The minimum absolute atomic E-state index is 0.796. The molecule has 1 saturated carbocycles. The number of hydrogen-bond acceptors (Lipinski definition) is 3. The second-order valence-corrected chi connectivity index (χ2v) is 8.23. The summed E-state index contributed by atoms with van der Waals surface area (Å²) in [5.41, 5.74) is 0. The fourth-order valence-corrected chi connectivity index (χ4v) is 5.60. The first-order chi connectivity index (χ1) is 8.22. The second kappa shape index (κ2) is 5.10. The van der Waals surface area contributed by atoms with Crippen LogP contribution in [0.3, 0.4) is 0 Å². The third-order valence-corrected chi connectivity index (χ3v) is 6.05. The van der Waals surface area contributed by atoms with Gasteiger partial charge >= 0.3 is 0 Å². The quantitative estimate of drug-likeness (QED) is 0.813. The molecule has 0 amide bonds. The van der Waals surface area contributed by atoms with Gasteiger partial charge in [-0.2, -0.15) is 11.8 Å². The first kappa shape index (κ1) is 12.3. The van der Waals surface area contributed by atoms with Gasteiger partial charge in [-0.3, -0.25) is 4.90 Å². The zero-order chi connectivity index (χ0) is 11.8. The number of hydrogen-bond donors (Lipinski definition) is 1. The molecule has 0 aromatic heterocycles. The van der Waals surface area contributed by atoms with Crippen molar-refractivity contribution in [2.75, 3.05) is 26.2 Å². The maximum Gasteiger partial charge on any atom is 0.0226 e. The molecule has 2 nitrogen and oxygen atoms in total. The number of nitrogens with one attached hydrogen (secondary N) is 1. The smallest absolute Gasteiger partial charge is 0.0226 e. The van der Waals surface area contributed by atoms with Gasteiger partial charge in [0.25, 0.3) is 0 Å². The Hall–Kier alpha value is 0.270. The number of thioether (sulfide) groups is 1. The lowest BCUT2D eigenvalue weighted by Crippen LogP contribution is -2.47. The predicted molar refractivity (Wildman–Crippen MR) is 75.6 cm³/mol. The molecule has 17 heavy (non-hydrogen) atoms. The van der Waals surface area contributed by atoms with E-state index in [1.54, 1.807) is 0 Å². The monoisotopic (exact) mass is 254 g/mol. The minimum Gasteiger partial charge on any atom is -0.312 e. The summed E-state index contributed by atoms with van der Waals surface area (Å²) >= 11 is 2.16. The van der Waals surface area contributed by atoms with Crippen molar-refractivity contribution in [3.63, 3.8) is 0 Å². The molecule has 0 radical (unpaired) electrons. The molecule has 0 bridgehead atoms. The highest BCUT2D eigenvalue weighted by Gasteiger charge is 2.39. The zero-order valence-electron chi connectivity index (χ0n) is 11.2. The molecule has 2 aliphatic heterocycles. The molecule has 1 aliphatic carbocycles. The van der Waals surface area contributed by atoms with Crippen molar-refractivity contribution in [3.05, 3.63) is 0 Å². The molecule has 98 valence electrons. The second-order valence-electron chi connectivity index (χ2n) is 6.35. The molecule has 3 aliphatic rings. The van der Waals surface area contributed by atoms with Gasteiger partial charge in [0.05, 0.1) is 0 Å². The Bertz CT molecular complexity index is 261. The van der Waals surface area contributed by atoms with E-state index >= 15 is 0 Å². The molecular weight excluding hydrogens is 228 g/mol. The van der Waals surface area contributed by atoms with E-state index in [0.29, 0.717) is 0 Å². The van der Waals surface area contributed by atoms with Crippen molar-refractivity contribution in [2.45, 2.75) is 49.7 Å². The van der Waals surface area contributed by atoms with Crippen molar-refractivity contribution in [1.29, 1.82) is 0 Å². The lowest BCUT2D eigenvalue weighted by atomic mass is 9.94. The highest BCUT2D eigenvalue weighted by Crippen LogP contribution is 2.38. The molecule has 3 rings (SSSR count). The summed E-state index contributed by atoms with van der Waals surface area (Å²) in [5.74, 6) is 2.00. The van der Waals surface area contributed by atoms with Gasteiger partial charge in [-0.25, -0.2) is 0 Å². The van der Waals surface area contributed by atoms with Crippen LogP contribution in [-0.4, -0.2) is 47.6 Å². The van der Waals surface area contributed by atoms with E-state index in [4.69, 9.17) is 0 Å². The Morgan fingerprint density at radius 2 is 1.94 bits per heavy atom. The molecule has 0 aromatic rings. The van der Waals surface area contributed by atoms with Gasteiger partial charge in [-0.15, -0.1) is 0 Å². The van der Waals surface area contributed by atoms with E-state index in [9.17, 15) is 0 Å². The van der Waals surface area contributed by atoms with Crippen molar-refractivity contribution in [1.82, 2.24) is 10.2 Å². The molecule has 0 spiro atoms. The molecule has 2 saturated heterocycles. The van der Waals surface area contributed by atoms with Crippen LogP contribution >= 0.6 is 11.8 Å². The number of nitrogens with zero attached hydrogens (tertiary/aromatic N) is 1. The highest BCUT2D eigenvalue weighted by atomic mass is 32.2. The van der Waals surface area contributed by atoms with Crippen LogP contribution in [0.15, 0.2) is 0 Å². The molecule has 1 N–H and O–H groups in total. The Labute approximate surface area is 110 Å². The average Bonchev–Trinajstić information content (AvgIpc) is 2.81. The van der Waals surface area contributed by atoms with Gasteiger partial charge in [0.2, 0.25) is 0 Å². The third kappa shape index (κ3) is 2.66. The Morgan fingerprint density at radius 3 is 2.71 bits per heavy atom. The Kier molecular flexibility index (Phi) is 3.69. The van der Waals surface area contributed by atoms with Crippen LogP contribution in [0.4, 0.5) is 0 Å². The van der Waals surface area contributed by atoms with Crippen LogP contribution < -0.4 is 5.32 Å². The SMILES string of the molecule is CC1CN(CC2NCC3CCCC32)CC(C)S1. The standard InChI is InChI=1S/C14H26N2S/c1-10-7-16(8-11(2)17-10)9-14-13-5-3-4-12(13)6-15-14/h10-15H,3-9H2,1-2H3. The van der Waals surface area contributed by atoms with Crippen LogP contribution in [0.2, 0.25) is 0 Å². The summed E-state index contributed by atoms with van der Waals surface area (Å²) in [7, 11) is 0. The minimum atomic E-state index is 0.796. The maximum atomic E-state index is 3.79. The predicted octanol–water partition coefficient (Wildman–Crippen LogP) is 2.20. The largest absolute Gasteiger partial charge is 0.312 e. The third-order valence-electron chi connectivity index (χ3n) is 4.83. The van der Waals surface area contributed by atoms with E-state index in [-0.39, 0.29) is 0 Å². The zero-order valence-corrected chi connectivity index (χ0v) is 12.0. The fraction of sp³-hybridized carbons (Fsp3) is 1.00. The summed E-state index contributed by atoms with van der Waals surface area (Å²) < 4.78 is 0. The molecule has 5 unspecified atom stereocenters. The van der Waals surface area contributed by atoms with E-state index in [2.05, 4.69) is 35.8 Å². The molecule has 5 atom stereocenters. The van der Waals surface area contributed by atoms with Crippen LogP contribution in [0.1, 0.15) is 33.1 Å². The fourth-order valence-electron chi connectivity index (χ4n) is 4.21. The first-order valence-corrected chi connectivity index (χ1v) is 8.28. The van der Waals surface area contributed by atoms with Crippen LogP contribution in [-0.2, 0) is 0 Å². The average molecular weight is 254 g/mol. The normalized spacial score (nSPS) is 47.3. The maximum absolute atomic E-state index is 3.79. The van der Waals surface area contributed by atoms with Gasteiger partial charge in [0.15, 0.2) is 0 Å². The lowest BCUT2D eigenvalue weighted by Gasteiger charge is -2.37. The van der Waals surface area contributed by atoms with Crippen molar-refractivity contribution in [2.24, 2.45) is 11.8 Å². The summed E-state index contributed by atoms with van der Waals surface area (Å²) in [5, 5.41) is 5.43. The summed E-state index contributed by atoms with van der Waals surface area (Å²) in [6.45, 7) is 9.95. The van der Waals surface area contributed by atoms with Crippen molar-refractivity contribution < 1.29 is 0 Å². The molecule has 3 heteroatoms. The number of rotatable bonds is 2. The Morgan fingerprint density at radius 1 is 1.18 bits per heavy atom. The summed E-state index contributed by atoms with van der Waals surface area (Å²) in [4.78, 5) is 2.71. The van der Waals surface area contributed by atoms with Gasteiger partial charge < -0.3 is 5.32 Å². The van der Waals surface area contributed by atoms with Gasteiger partial charge in [0.1, 0.15) is 0 Å². The highest BCUT2D eigenvalue weighted by molar-refractivity contribution is 8.00. The molecule has 3 fully saturated rings. The van der Waals surface area contributed by atoms with E-state index in [0.717, 1.165) is 28.4 Å². The molecule has 0 aromatic carbocycles. The summed E-state index contributed by atoms with van der Waals surface area (Å²) in [6, 6.07) is 0.796. The molecule has 2 heterocycles. The molecular formula is C14H26N2S. The van der Waals surface area contributed by atoms with Crippen LogP contribution in [0, 0.1) is 11.8 Å². The van der Waals surface area contributed by atoms with E-state index in [1.165, 1.54) is 45.4 Å². The topological polar surface area (TPSA) is 15.3 Å². The van der Waals surface area contributed by atoms with Gasteiger partial charge in [-0.05, 0) is 31.2 Å². The van der Waals surface area contributed by atoms with E-state index in [1.807, 2.05) is 0 Å². The van der Waals surface area contributed by atoms with Gasteiger partial charge in [-0.1, -0.05) is 20.3 Å². The lowest BCUT2D eigenvalue weighted by molar-refractivity contribution is 0.224. The van der Waals surface area contributed by atoms with Crippen molar-refractivity contribution in [3.8, 4) is 0 Å². The summed E-state index contributed by atoms with van der Waals surface area (Å²) in [6.07, 6.45) is 4.45. The van der Waals surface area contributed by atoms with Crippen molar-refractivity contribution >= 4 is 11.8 Å². The van der Waals surface area contributed by atoms with Gasteiger partial charge in [0, 0.05) is 36.2 Å².